The fourth-order valence-electron chi connectivity index (χ4n) is 3.40. The molecular weight excluding hydrogens is 314 g/mol. The largest absolute Gasteiger partial charge is 0.422 e. The highest BCUT2D eigenvalue weighted by atomic mass is 16.4. The molecule has 0 saturated heterocycles. The van der Waals surface area contributed by atoms with Crippen LogP contribution in [0.15, 0.2) is 40.0 Å². The Kier molecular flexibility index (Phi) is 4.21. The van der Waals surface area contributed by atoms with Crippen LogP contribution in [0, 0.1) is 11.3 Å². The van der Waals surface area contributed by atoms with Gasteiger partial charge >= 0.3 is 0 Å². The summed E-state index contributed by atoms with van der Waals surface area (Å²) in [6.07, 6.45) is 9.42. The Morgan fingerprint density at radius 2 is 2.16 bits per heavy atom. The lowest BCUT2D eigenvalue weighted by Gasteiger charge is -2.17. The van der Waals surface area contributed by atoms with Gasteiger partial charge in [0.25, 0.3) is 5.88 Å². The van der Waals surface area contributed by atoms with Crippen LogP contribution in [0.4, 0.5) is 5.88 Å². The number of nitriles is 1. The Balaban J connectivity index is 1.53. The van der Waals surface area contributed by atoms with Crippen molar-refractivity contribution in [3.05, 3.63) is 47.6 Å². The molecule has 0 bridgehead atoms. The molecule has 25 heavy (non-hydrogen) atoms. The number of H-pyrrole nitrogens is 1. The zero-order valence-electron chi connectivity index (χ0n) is 13.8. The van der Waals surface area contributed by atoms with Gasteiger partial charge in [-0.25, -0.2) is 10.4 Å². The van der Waals surface area contributed by atoms with Gasteiger partial charge in [0, 0.05) is 28.6 Å². The standard InChI is InChI=1S/C19H19N5O/c20-11-17-19(25-18(23-17)13-5-2-1-3-6-13)24-22-12-14-7-4-8-16-15(14)9-10-21-16/h4,7-10,12-13,21,24H,1-3,5-6H2. The van der Waals surface area contributed by atoms with Gasteiger partial charge in [-0.2, -0.15) is 10.4 Å². The van der Waals surface area contributed by atoms with E-state index >= 15 is 0 Å². The SMILES string of the molecule is N#Cc1nc(C2CCCCC2)oc1NN=Cc1cccc2[nH]ccc12. The number of hydrogen-bond acceptors (Lipinski definition) is 5. The van der Waals surface area contributed by atoms with E-state index < -0.39 is 0 Å². The third-order valence-electron chi connectivity index (χ3n) is 4.70. The number of nitrogens with zero attached hydrogens (tertiary/aromatic N) is 3. The highest BCUT2D eigenvalue weighted by molar-refractivity contribution is 5.98. The number of benzene rings is 1. The predicted octanol–water partition coefficient (Wildman–Crippen LogP) is 4.52. The van der Waals surface area contributed by atoms with Crippen LogP contribution < -0.4 is 5.43 Å². The van der Waals surface area contributed by atoms with Crippen LogP contribution >= 0.6 is 0 Å². The number of hydrogen-bond donors (Lipinski definition) is 2. The molecule has 1 aliphatic rings. The Morgan fingerprint density at radius 1 is 1.28 bits per heavy atom. The van der Waals surface area contributed by atoms with Gasteiger partial charge in [0.15, 0.2) is 0 Å². The Morgan fingerprint density at radius 3 is 3.00 bits per heavy atom. The van der Waals surface area contributed by atoms with Gasteiger partial charge in [-0.15, -0.1) is 0 Å². The first-order valence-electron chi connectivity index (χ1n) is 8.61. The average Bonchev–Trinajstić information content (AvgIpc) is 3.29. The molecular formula is C19H19N5O. The predicted molar refractivity (Wildman–Crippen MR) is 96.6 cm³/mol. The molecule has 126 valence electrons. The molecule has 1 fully saturated rings. The molecule has 0 amide bonds. The average molecular weight is 333 g/mol. The van der Waals surface area contributed by atoms with Crippen LogP contribution in [0.2, 0.25) is 0 Å². The van der Waals surface area contributed by atoms with Gasteiger partial charge in [-0.05, 0) is 25.0 Å². The molecule has 6 nitrogen and oxygen atoms in total. The van der Waals surface area contributed by atoms with E-state index in [0.717, 1.165) is 29.3 Å². The van der Waals surface area contributed by atoms with E-state index in [-0.39, 0.29) is 5.69 Å². The second-order valence-electron chi connectivity index (χ2n) is 6.33. The number of oxazole rings is 1. The van der Waals surface area contributed by atoms with Crippen molar-refractivity contribution in [2.75, 3.05) is 5.43 Å². The minimum absolute atomic E-state index is 0.262. The number of anilines is 1. The van der Waals surface area contributed by atoms with Gasteiger partial charge in [0.2, 0.25) is 11.6 Å². The number of aromatic nitrogens is 2. The third-order valence-corrected chi connectivity index (χ3v) is 4.70. The monoisotopic (exact) mass is 333 g/mol. The van der Waals surface area contributed by atoms with Gasteiger partial charge < -0.3 is 9.40 Å². The third kappa shape index (κ3) is 3.13. The number of rotatable bonds is 4. The molecule has 0 spiro atoms. The number of fused-ring (bicyclic) bond motifs is 1. The lowest BCUT2D eigenvalue weighted by Crippen LogP contribution is -2.04. The van der Waals surface area contributed by atoms with Crippen LogP contribution in [0.25, 0.3) is 10.9 Å². The van der Waals surface area contributed by atoms with Crippen molar-refractivity contribution in [3.63, 3.8) is 0 Å². The summed E-state index contributed by atoms with van der Waals surface area (Å²) in [5.41, 5.74) is 5.14. The summed E-state index contributed by atoms with van der Waals surface area (Å²) < 4.78 is 5.79. The van der Waals surface area contributed by atoms with E-state index in [1.807, 2.05) is 30.5 Å². The molecule has 6 heteroatoms. The summed E-state index contributed by atoms with van der Waals surface area (Å²) in [4.78, 5) is 7.52. The lowest BCUT2D eigenvalue weighted by atomic mass is 9.89. The zero-order valence-corrected chi connectivity index (χ0v) is 13.8. The van der Waals surface area contributed by atoms with E-state index in [9.17, 15) is 5.26 Å². The van der Waals surface area contributed by atoms with E-state index in [4.69, 9.17) is 4.42 Å². The first-order chi connectivity index (χ1) is 12.3. The molecule has 1 aliphatic carbocycles. The van der Waals surface area contributed by atoms with Crippen LogP contribution in [-0.2, 0) is 0 Å². The van der Waals surface area contributed by atoms with Crippen molar-refractivity contribution in [3.8, 4) is 6.07 Å². The molecule has 1 aromatic carbocycles. The summed E-state index contributed by atoms with van der Waals surface area (Å²) in [6, 6.07) is 10.1. The second kappa shape index (κ2) is 6.81. The number of nitrogens with one attached hydrogen (secondary N) is 2. The normalized spacial score (nSPS) is 15.6. The van der Waals surface area contributed by atoms with E-state index in [2.05, 4.69) is 26.6 Å². The quantitative estimate of drug-likeness (QED) is 0.542. The molecule has 1 saturated carbocycles. The maximum atomic E-state index is 9.29. The van der Waals surface area contributed by atoms with Crippen molar-refractivity contribution in [1.82, 2.24) is 9.97 Å². The Bertz CT molecular complexity index is 940. The fraction of sp³-hybridized carbons (Fsp3) is 0.316. The molecule has 0 atom stereocenters. The highest BCUT2D eigenvalue weighted by Gasteiger charge is 2.23. The molecule has 3 aromatic rings. The second-order valence-corrected chi connectivity index (χ2v) is 6.33. The Labute approximate surface area is 145 Å². The van der Waals surface area contributed by atoms with E-state index in [1.54, 1.807) is 6.21 Å². The summed E-state index contributed by atoms with van der Waals surface area (Å²) in [6.45, 7) is 0. The molecule has 2 N–H and O–H groups in total. The van der Waals surface area contributed by atoms with Crippen molar-refractivity contribution >= 4 is 23.0 Å². The van der Waals surface area contributed by atoms with Crippen LogP contribution in [0.5, 0.6) is 0 Å². The summed E-state index contributed by atoms with van der Waals surface area (Å²) in [7, 11) is 0. The smallest absolute Gasteiger partial charge is 0.252 e. The zero-order chi connectivity index (χ0) is 17.1. The Hall–Kier alpha value is -3.07. The molecule has 2 aromatic heterocycles. The summed E-state index contributed by atoms with van der Waals surface area (Å²) in [5.74, 6) is 1.29. The minimum atomic E-state index is 0.262. The molecule has 0 radical (unpaired) electrons. The molecule has 0 aliphatic heterocycles. The minimum Gasteiger partial charge on any atom is -0.422 e. The fourth-order valence-corrected chi connectivity index (χ4v) is 3.40. The van der Waals surface area contributed by atoms with Crippen molar-refractivity contribution < 1.29 is 4.42 Å². The maximum Gasteiger partial charge on any atom is 0.252 e. The van der Waals surface area contributed by atoms with E-state index in [0.29, 0.717) is 17.7 Å². The van der Waals surface area contributed by atoms with Crippen LogP contribution in [0.3, 0.4) is 0 Å². The topological polar surface area (TPSA) is 90.0 Å². The van der Waals surface area contributed by atoms with Gasteiger partial charge in [0.05, 0.1) is 6.21 Å². The van der Waals surface area contributed by atoms with Gasteiger partial charge in [0.1, 0.15) is 6.07 Å². The maximum absolute atomic E-state index is 9.29. The summed E-state index contributed by atoms with van der Waals surface area (Å²) >= 11 is 0. The van der Waals surface area contributed by atoms with Gasteiger partial charge in [-0.3, -0.25) is 0 Å². The lowest BCUT2D eigenvalue weighted by molar-refractivity contribution is 0.367. The number of hydrazone groups is 1. The highest BCUT2D eigenvalue weighted by Crippen LogP contribution is 2.34. The molecule has 0 unspecified atom stereocenters. The first-order valence-corrected chi connectivity index (χ1v) is 8.61. The molecule has 4 rings (SSSR count). The van der Waals surface area contributed by atoms with Crippen LogP contribution in [-0.4, -0.2) is 16.2 Å². The molecule has 2 heterocycles. The van der Waals surface area contributed by atoms with Crippen molar-refractivity contribution in [2.45, 2.75) is 38.0 Å². The van der Waals surface area contributed by atoms with Gasteiger partial charge in [-0.1, -0.05) is 31.4 Å². The van der Waals surface area contributed by atoms with Crippen molar-refractivity contribution in [1.29, 1.82) is 5.26 Å². The van der Waals surface area contributed by atoms with Crippen molar-refractivity contribution in [2.24, 2.45) is 5.10 Å². The van der Waals surface area contributed by atoms with E-state index in [1.165, 1.54) is 19.3 Å². The first kappa shape index (κ1) is 15.5. The summed E-state index contributed by atoms with van der Waals surface area (Å²) in [5, 5.41) is 14.6. The van der Waals surface area contributed by atoms with Crippen LogP contribution in [0.1, 0.15) is 55.2 Å². The number of aromatic amines is 1.